The molecule has 0 aliphatic carbocycles. The van der Waals surface area contributed by atoms with Crippen molar-refractivity contribution in [2.75, 3.05) is 20.8 Å². The fourth-order valence-corrected chi connectivity index (χ4v) is 3.87. The molecule has 9 heteroatoms. The first-order valence-corrected chi connectivity index (χ1v) is 11.2. The van der Waals surface area contributed by atoms with E-state index in [0.717, 1.165) is 11.1 Å². The minimum Gasteiger partial charge on any atom is -0.491 e. The number of rotatable bonds is 8. The summed E-state index contributed by atoms with van der Waals surface area (Å²) in [4.78, 5) is 28.8. The van der Waals surface area contributed by atoms with Gasteiger partial charge in [-0.2, -0.15) is 0 Å². The number of aromatic nitrogens is 2. The van der Waals surface area contributed by atoms with Gasteiger partial charge in [0.05, 0.1) is 20.5 Å². The molecule has 0 N–H and O–H groups in total. The van der Waals surface area contributed by atoms with E-state index in [9.17, 15) is 9.59 Å². The highest BCUT2D eigenvalue weighted by Crippen LogP contribution is 2.34. The Morgan fingerprint density at radius 2 is 1.54 bits per heavy atom. The van der Waals surface area contributed by atoms with Crippen LogP contribution < -0.4 is 9.47 Å². The van der Waals surface area contributed by atoms with E-state index in [2.05, 4.69) is 4.98 Å². The lowest BCUT2D eigenvalue weighted by Crippen LogP contribution is -2.32. The smallest absolute Gasteiger partial charge is 0.359 e. The summed E-state index contributed by atoms with van der Waals surface area (Å²) >= 11 is 0. The van der Waals surface area contributed by atoms with Crippen molar-refractivity contribution in [1.82, 2.24) is 9.55 Å². The third kappa shape index (κ3) is 5.46. The van der Waals surface area contributed by atoms with E-state index >= 15 is 0 Å². The number of nitrogens with zero attached hydrogens (tertiary/aromatic N) is 2. The molecule has 35 heavy (non-hydrogen) atoms. The number of aryl methyl sites for hydroxylation is 2. The maximum atomic E-state index is 12.5. The zero-order valence-electron chi connectivity index (χ0n) is 20.1. The van der Waals surface area contributed by atoms with Gasteiger partial charge in [0.15, 0.2) is 11.4 Å². The standard InChI is InChI=1S/C26H28N2O7/c1-16-5-9-18(10-6-16)33-14-21-20(34-19-11-7-17(2)8-12-19)13-22(35-21)28-15-27-23(25(29)31-3)24(28)26(30)32-4/h5-12,15,20-22H,13-14H2,1-4H3/t20-,21+,22+/m1/s1. The number of carbonyl (C=O) groups is 2. The highest BCUT2D eigenvalue weighted by molar-refractivity contribution is 6.00. The summed E-state index contributed by atoms with van der Waals surface area (Å²) in [7, 11) is 2.45. The van der Waals surface area contributed by atoms with Crippen molar-refractivity contribution in [2.24, 2.45) is 0 Å². The number of hydrogen-bond acceptors (Lipinski definition) is 8. The van der Waals surface area contributed by atoms with Crippen LogP contribution in [0, 0.1) is 13.8 Å². The Bertz CT molecular complexity index is 1170. The van der Waals surface area contributed by atoms with E-state index in [0.29, 0.717) is 17.9 Å². The van der Waals surface area contributed by atoms with Crippen LogP contribution in [-0.4, -0.2) is 54.5 Å². The molecule has 0 bridgehead atoms. The van der Waals surface area contributed by atoms with Crippen LogP contribution in [0.2, 0.25) is 0 Å². The van der Waals surface area contributed by atoms with Crippen molar-refractivity contribution in [3.05, 3.63) is 77.4 Å². The number of benzene rings is 2. The number of imidazole rings is 1. The van der Waals surface area contributed by atoms with Crippen molar-refractivity contribution in [1.29, 1.82) is 0 Å². The molecule has 2 aromatic carbocycles. The van der Waals surface area contributed by atoms with E-state index in [-0.39, 0.29) is 24.1 Å². The Balaban J connectivity index is 1.59. The zero-order chi connectivity index (χ0) is 24.9. The second-order valence-corrected chi connectivity index (χ2v) is 8.29. The number of methoxy groups -OCH3 is 2. The SMILES string of the molecule is COC(=O)c1ncn([C@@H]2C[C@@H](Oc3ccc(C)cc3)[C@H](COc3ccc(C)cc3)O2)c1C(=O)OC. The Hall–Kier alpha value is -3.85. The normalized spacial score (nSPS) is 19.3. The van der Waals surface area contributed by atoms with Gasteiger partial charge in [-0.3, -0.25) is 4.57 Å². The van der Waals surface area contributed by atoms with Crippen LogP contribution >= 0.6 is 0 Å². The van der Waals surface area contributed by atoms with E-state index < -0.39 is 24.3 Å². The van der Waals surface area contributed by atoms with E-state index in [4.69, 9.17) is 23.7 Å². The topological polar surface area (TPSA) is 98.1 Å². The first-order valence-electron chi connectivity index (χ1n) is 11.2. The van der Waals surface area contributed by atoms with E-state index in [1.807, 2.05) is 62.4 Å². The second kappa shape index (κ2) is 10.6. The molecule has 3 atom stereocenters. The minimum absolute atomic E-state index is 0.0430. The van der Waals surface area contributed by atoms with Crippen LogP contribution in [0.4, 0.5) is 0 Å². The van der Waals surface area contributed by atoms with Gasteiger partial charge >= 0.3 is 11.9 Å². The molecule has 184 valence electrons. The maximum Gasteiger partial charge on any atom is 0.359 e. The average molecular weight is 481 g/mol. The quantitative estimate of drug-likeness (QED) is 0.448. The first-order chi connectivity index (χ1) is 16.9. The first kappa shape index (κ1) is 24.3. The Labute approximate surface area is 203 Å². The van der Waals surface area contributed by atoms with Crippen molar-refractivity contribution in [2.45, 2.75) is 38.7 Å². The predicted octanol–water partition coefficient (Wildman–Crippen LogP) is 3.89. The molecule has 0 amide bonds. The molecule has 0 unspecified atom stereocenters. The van der Waals surface area contributed by atoms with Crippen LogP contribution in [0.5, 0.6) is 11.5 Å². The van der Waals surface area contributed by atoms with Gasteiger partial charge in [0.2, 0.25) is 0 Å². The van der Waals surface area contributed by atoms with Crippen LogP contribution in [0.1, 0.15) is 44.8 Å². The molecule has 1 saturated heterocycles. The van der Waals surface area contributed by atoms with Gasteiger partial charge < -0.3 is 23.7 Å². The lowest BCUT2D eigenvalue weighted by Gasteiger charge is -2.20. The third-order valence-electron chi connectivity index (χ3n) is 5.79. The number of carbonyl (C=O) groups excluding carboxylic acids is 2. The van der Waals surface area contributed by atoms with Gasteiger partial charge in [-0.05, 0) is 38.1 Å². The monoisotopic (exact) mass is 480 g/mol. The van der Waals surface area contributed by atoms with Gasteiger partial charge in [-0.25, -0.2) is 14.6 Å². The van der Waals surface area contributed by atoms with Gasteiger partial charge in [0.1, 0.15) is 36.5 Å². The molecule has 1 fully saturated rings. The van der Waals surface area contributed by atoms with Gasteiger partial charge in [-0.15, -0.1) is 0 Å². The molecule has 0 saturated carbocycles. The molecule has 0 spiro atoms. The largest absolute Gasteiger partial charge is 0.491 e. The van der Waals surface area contributed by atoms with Gasteiger partial charge in [-0.1, -0.05) is 35.4 Å². The maximum absolute atomic E-state index is 12.5. The van der Waals surface area contributed by atoms with E-state index in [1.54, 1.807) is 0 Å². The molecule has 1 aliphatic rings. The van der Waals surface area contributed by atoms with Crippen LogP contribution in [0.15, 0.2) is 54.9 Å². The Morgan fingerprint density at radius 1 is 0.943 bits per heavy atom. The minimum atomic E-state index is -0.742. The van der Waals surface area contributed by atoms with Crippen molar-refractivity contribution >= 4 is 11.9 Å². The molecule has 1 aliphatic heterocycles. The van der Waals surface area contributed by atoms with Crippen molar-refractivity contribution in [3.63, 3.8) is 0 Å². The molecule has 0 radical (unpaired) electrons. The number of esters is 2. The predicted molar refractivity (Wildman–Crippen MR) is 126 cm³/mol. The molecule has 3 aromatic rings. The average Bonchev–Trinajstić information content (AvgIpc) is 3.48. The molecule has 1 aromatic heterocycles. The summed E-state index contributed by atoms with van der Waals surface area (Å²) in [5.74, 6) is -0.0578. The lowest BCUT2D eigenvalue weighted by molar-refractivity contribution is -0.0366. The highest BCUT2D eigenvalue weighted by atomic mass is 16.6. The van der Waals surface area contributed by atoms with Gasteiger partial charge in [0.25, 0.3) is 0 Å². The Kier molecular flexibility index (Phi) is 7.36. The molecular formula is C26H28N2O7. The van der Waals surface area contributed by atoms with Crippen LogP contribution in [-0.2, 0) is 14.2 Å². The van der Waals surface area contributed by atoms with Crippen LogP contribution in [0.25, 0.3) is 0 Å². The molecule has 2 heterocycles. The summed E-state index contributed by atoms with van der Waals surface area (Å²) < 4.78 is 29.6. The van der Waals surface area contributed by atoms with E-state index in [1.165, 1.54) is 25.1 Å². The molecular weight excluding hydrogens is 452 g/mol. The second-order valence-electron chi connectivity index (χ2n) is 8.29. The summed E-state index contributed by atoms with van der Waals surface area (Å²) in [6.07, 6.45) is 0.267. The Morgan fingerprint density at radius 3 is 2.14 bits per heavy atom. The molecule has 4 rings (SSSR count). The fourth-order valence-electron chi connectivity index (χ4n) is 3.87. The van der Waals surface area contributed by atoms with Gasteiger partial charge in [0, 0.05) is 6.42 Å². The fraction of sp³-hybridized carbons (Fsp3) is 0.346. The molecule has 9 nitrogen and oxygen atoms in total. The van der Waals surface area contributed by atoms with Crippen molar-refractivity contribution in [3.8, 4) is 11.5 Å². The van der Waals surface area contributed by atoms with Crippen LogP contribution in [0.3, 0.4) is 0 Å². The highest BCUT2D eigenvalue weighted by Gasteiger charge is 2.41. The zero-order valence-corrected chi connectivity index (χ0v) is 20.1. The number of hydrogen-bond donors (Lipinski definition) is 0. The summed E-state index contributed by atoms with van der Waals surface area (Å²) in [5, 5.41) is 0. The summed E-state index contributed by atoms with van der Waals surface area (Å²) in [6.45, 7) is 4.23. The number of ether oxygens (including phenoxy) is 5. The lowest BCUT2D eigenvalue weighted by atomic mass is 10.1. The van der Waals surface area contributed by atoms with Crippen molar-refractivity contribution < 1.29 is 33.3 Å². The summed E-state index contributed by atoms with van der Waals surface area (Å²) in [6, 6.07) is 15.5. The summed E-state index contributed by atoms with van der Waals surface area (Å²) in [5.41, 5.74) is 2.07. The third-order valence-corrected chi connectivity index (χ3v) is 5.79.